The summed E-state index contributed by atoms with van der Waals surface area (Å²) in [6, 6.07) is 9.14. The lowest BCUT2D eigenvalue weighted by Gasteiger charge is -2.55. The van der Waals surface area contributed by atoms with Gasteiger partial charge in [-0.05, 0) is 61.8 Å². The average Bonchev–Trinajstić information content (AvgIpc) is 2.67. The van der Waals surface area contributed by atoms with Gasteiger partial charge in [0, 0.05) is 38.1 Å². The highest BCUT2D eigenvalue weighted by Crippen LogP contribution is 2.58. The Hall–Kier alpha value is -1.39. The Morgan fingerprint density at radius 3 is 2.45 bits per heavy atom. The van der Waals surface area contributed by atoms with E-state index in [1.165, 1.54) is 30.4 Å². The van der Waals surface area contributed by atoms with Crippen molar-refractivity contribution in [2.45, 2.75) is 58.3 Å². The van der Waals surface area contributed by atoms with Crippen molar-refractivity contribution in [1.29, 1.82) is 0 Å². The molecule has 2 aliphatic carbocycles. The molecule has 1 aliphatic heterocycles. The molecule has 1 N–H and O–H groups in total. The summed E-state index contributed by atoms with van der Waals surface area (Å²) in [6.45, 7) is 11.1. The van der Waals surface area contributed by atoms with Gasteiger partial charge in [0.2, 0.25) is 5.91 Å². The van der Waals surface area contributed by atoms with Gasteiger partial charge in [0.05, 0.1) is 6.61 Å². The summed E-state index contributed by atoms with van der Waals surface area (Å²) in [4.78, 5) is 18.1. The number of carbonyl (C=O) groups is 1. The molecule has 160 valence electrons. The fourth-order valence-electron chi connectivity index (χ4n) is 6.90. The maximum absolute atomic E-state index is 13.7. The third-order valence-corrected chi connectivity index (χ3v) is 7.88. The second kappa shape index (κ2) is 8.03. The van der Waals surface area contributed by atoms with Crippen LogP contribution in [0.25, 0.3) is 0 Å². The van der Waals surface area contributed by atoms with Gasteiger partial charge >= 0.3 is 0 Å². The molecule has 2 saturated carbocycles. The number of hydrogen-bond donors (Lipinski definition) is 1. The number of amides is 1. The lowest BCUT2D eigenvalue weighted by Crippen LogP contribution is -2.57. The number of β-amino-alcohol motifs (C(OH)–C–C–N with tert-alkyl or cyclic N) is 1. The van der Waals surface area contributed by atoms with Crippen molar-refractivity contribution in [2.75, 3.05) is 39.3 Å². The smallest absolute Gasteiger partial charge is 0.228 e. The number of piperazine rings is 1. The highest BCUT2D eigenvalue weighted by Gasteiger charge is 2.54. The first-order valence-electron chi connectivity index (χ1n) is 11.5. The van der Waals surface area contributed by atoms with E-state index >= 15 is 0 Å². The molecule has 29 heavy (non-hydrogen) atoms. The van der Waals surface area contributed by atoms with Crippen LogP contribution in [0.4, 0.5) is 0 Å². The van der Waals surface area contributed by atoms with Crippen LogP contribution in [0.15, 0.2) is 24.3 Å². The third-order valence-electron chi connectivity index (χ3n) is 7.88. The van der Waals surface area contributed by atoms with E-state index in [1.54, 1.807) is 0 Å². The minimum Gasteiger partial charge on any atom is -0.395 e. The molecule has 4 unspecified atom stereocenters. The topological polar surface area (TPSA) is 43.8 Å². The average molecular weight is 399 g/mol. The van der Waals surface area contributed by atoms with Crippen molar-refractivity contribution in [3.8, 4) is 0 Å². The SMILES string of the molecule is Cc1ccc(C23CC(C)CC(CC(C)(C(=O)N4CCN(CCO)CC4)C2)C3)cc1. The van der Waals surface area contributed by atoms with Crippen LogP contribution in [0, 0.1) is 24.2 Å². The first kappa shape index (κ1) is 20.9. The van der Waals surface area contributed by atoms with E-state index < -0.39 is 0 Å². The summed E-state index contributed by atoms with van der Waals surface area (Å²) >= 11 is 0. The monoisotopic (exact) mass is 398 g/mol. The van der Waals surface area contributed by atoms with Crippen LogP contribution in [0.5, 0.6) is 0 Å². The number of benzene rings is 1. The largest absolute Gasteiger partial charge is 0.395 e. The molecule has 3 aliphatic rings. The van der Waals surface area contributed by atoms with Crippen molar-refractivity contribution in [2.24, 2.45) is 17.3 Å². The molecule has 0 spiro atoms. The fraction of sp³-hybridized carbons (Fsp3) is 0.720. The quantitative estimate of drug-likeness (QED) is 0.843. The van der Waals surface area contributed by atoms with Gasteiger partial charge in [0.1, 0.15) is 0 Å². The molecule has 0 radical (unpaired) electrons. The molecule has 3 fully saturated rings. The highest BCUT2D eigenvalue weighted by atomic mass is 16.3. The van der Waals surface area contributed by atoms with Crippen LogP contribution in [0.2, 0.25) is 0 Å². The lowest BCUT2D eigenvalue weighted by atomic mass is 9.50. The number of nitrogens with zero attached hydrogens (tertiary/aromatic N) is 2. The van der Waals surface area contributed by atoms with E-state index in [9.17, 15) is 9.90 Å². The minimum absolute atomic E-state index is 0.150. The van der Waals surface area contributed by atoms with Crippen molar-refractivity contribution < 1.29 is 9.90 Å². The Morgan fingerprint density at radius 2 is 1.79 bits per heavy atom. The van der Waals surface area contributed by atoms with Gasteiger partial charge in [-0.1, -0.05) is 43.7 Å². The normalized spacial score (nSPS) is 35.5. The number of fused-ring (bicyclic) bond motifs is 2. The third kappa shape index (κ3) is 4.11. The lowest BCUT2D eigenvalue weighted by molar-refractivity contribution is -0.149. The number of carbonyl (C=O) groups excluding carboxylic acids is 1. The van der Waals surface area contributed by atoms with Crippen molar-refractivity contribution in [1.82, 2.24) is 9.80 Å². The molecular formula is C25H38N2O2. The van der Waals surface area contributed by atoms with Crippen LogP contribution < -0.4 is 0 Å². The molecular weight excluding hydrogens is 360 g/mol. The summed E-state index contributed by atoms with van der Waals surface area (Å²) in [5, 5.41) is 9.18. The van der Waals surface area contributed by atoms with Crippen LogP contribution in [-0.2, 0) is 10.2 Å². The highest BCUT2D eigenvalue weighted by molar-refractivity contribution is 5.83. The van der Waals surface area contributed by atoms with Crippen LogP contribution in [0.1, 0.15) is 57.1 Å². The Kier molecular flexibility index (Phi) is 5.78. The zero-order valence-electron chi connectivity index (χ0n) is 18.5. The molecule has 1 aromatic rings. The Balaban J connectivity index is 1.56. The van der Waals surface area contributed by atoms with Gasteiger partial charge in [-0.25, -0.2) is 0 Å². The van der Waals surface area contributed by atoms with Gasteiger partial charge in [0.25, 0.3) is 0 Å². The Labute approximate surface area is 176 Å². The fourth-order valence-corrected chi connectivity index (χ4v) is 6.90. The maximum Gasteiger partial charge on any atom is 0.228 e. The maximum atomic E-state index is 13.7. The van der Waals surface area contributed by atoms with Crippen molar-refractivity contribution in [3.63, 3.8) is 0 Å². The number of aliphatic hydroxyl groups excluding tert-OH is 1. The summed E-state index contributed by atoms with van der Waals surface area (Å²) in [7, 11) is 0. The summed E-state index contributed by atoms with van der Waals surface area (Å²) < 4.78 is 0. The molecule has 4 heteroatoms. The molecule has 1 aromatic carbocycles. The van der Waals surface area contributed by atoms with E-state index in [0.717, 1.165) is 51.5 Å². The summed E-state index contributed by atoms with van der Waals surface area (Å²) in [6.07, 6.45) is 5.74. The van der Waals surface area contributed by atoms with E-state index in [0.29, 0.717) is 11.8 Å². The summed E-state index contributed by atoms with van der Waals surface area (Å²) in [5.74, 6) is 1.76. The predicted molar refractivity (Wildman–Crippen MR) is 117 cm³/mol. The standard InChI is InChI=1S/C25H38N2O2/c1-19-4-6-22(7-5-19)25-15-20(2)14-21(17-25)16-24(3,18-25)23(29)27-10-8-26(9-11-27)12-13-28/h4-7,20-21,28H,8-18H2,1-3H3. The van der Waals surface area contributed by atoms with Gasteiger partial charge in [-0.3, -0.25) is 9.69 Å². The van der Waals surface area contributed by atoms with E-state index in [4.69, 9.17) is 0 Å². The predicted octanol–water partition coefficient (Wildman–Crippen LogP) is 3.61. The second-order valence-corrected chi connectivity index (χ2v) is 10.6. The number of aliphatic hydroxyl groups is 1. The molecule has 1 heterocycles. The summed E-state index contributed by atoms with van der Waals surface area (Å²) in [5.41, 5.74) is 2.65. The van der Waals surface area contributed by atoms with Gasteiger partial charge in [-0.2, -0.15) is 0 Å². The van der Waals surface area contributed by atoms with Crippen molar-refractivity contribution in [3.05, 3.63) is 35.4 Å². The number of hydrogen-bond acceptors (Lipinski definition) is 3. The molecule has 4 nitrogen and oxygen atoms in total. The molecule has 0 aromatic heterocycles. The Bertz CT molecular complexity index is 721. The zero-order chi connectivity index (χ0) is 20.6. The van der Waals surface area contributed by atoms with Crippen LogP contribution in [0.3, 0.4) is 0 Å². The molecule has 1 saturated heterocycles. The minimum atomic E-state index is -0.257. The van der Waals surface area contributed by atoms with E-state index in [2.05, 4.69) is 54.8 Å². The van der Waals surface area contributed by atoms with Gasteiger partial charge in [0.15, 0.2) is 0 Å². The molecule has 4 rings (SSSR count). The van der Waals surface area contributed by atoms with Crippen LogP contribution in [-0.4, -0.2) is 60.1 Å². The first-order valence-corrected chi connectivity index (χ1v) is 11.5. The number of rotatable bonds is 4. The molecule has 4 atom stereocenters. The molecule has 2 bridgehead atoms. The van der Waals surface area contributed by atoms with E-state index in [-0.39, 0.29) is 17.4 Å². The Morgan fingerprint density at radius 1 is 1.10 bits per heavy atom. The first-order chi connectivity index (χ1) is 13.8. The van der Waals surface area contributed by atoms with Gasteiger partial charge < -0.3 is 10.0 Å². The zero-order valence-corrected chi connectivity index (χ0v) is 18.5. The van der Waals surface area contributed by atoms with E-state index in [1.807, 2.05) is 0 Å². The van der Waals surface area contributed by atoms with Crippen molar-refractivity contribution >= 4 is 5.91 Å². The number of aryl methyl sites for hydroxylation is 1. The van der Waals surface area contributed by atoms with Gasteiger partial charge in [-0.15, -0.1) is 0 Å². The second-order valence-electron chi connectivity index (χ2n) is 10.6. The van der Waals surface area contributed by atoms with Crippen LogP contribution >= 0.6 is 0 Å². The molecule has 1 amide bonds.